The molecule has 0 aliphatic carbocycles. The van der Waals surface area contributed by atoms with Gasteiger partial charge in [0.15, 0.2) is 12.0 Å². The number of carbonyl (C=O) groups is 1. The Hall–Kier alpha value is -3.02. The van der Waals surface area contributed by atoms with Gasteiger partial charge in [-0.3, -0.25) is 9.78 Å². The lowest BCUT2D eigenvalue weighted by Crippen LogP contribution is -2.11. The SMILES string of the molecule is Cc1ccc(OCCn2nnc(C=O)c2-c2cccnc2)cc1. The predicted molar refractivity (Wildman–Crippen MR) is 85.3 cm³/mol. The van der Waals surface area contributed by atoms with E-state index in [1.807, 2.05) is 43.3 Å². The Morgan fingerprint density at radius 1 is 1.22 bits per heavy atom. The standard InChI is InChI=1S/C17H16N4O2/c1-13-4-6-15(7-5-13)23-10-9-21-17(16(12-22)19-20-21)14-3-2-8-18-11-14/h2-8,11-12H,9-10H2,1H3. The van der Waals surface area contributed by atoms with Crippen LogP contribution in [0.3, 0.4) is 0 Å². The first-order valence-electron chi connectivity index (χ1n) is 7.26. The third-order valence-corrected chi connectivity index (χ3v) is 3.40. The van der Waals surface area contributed by atoms with Crippen molar-refractivity contribution in [1.29, 1.82) is 0 Å². The van der Waals surface area contributed by atoms with Crippen LogP contribution in [0.1, 0.15) is 16.1 Å². The molecular formula is C17H16N4O2. The van der Waals surface area contributed by atoms with E-state index in [2.05, 4.69) is 15.3 Å². The summed E-state index contributed by atoms with van der Waals surface area (Å²) in [7, 11) is 0. The van der Waals surface area contributed by atoms with Gasteiger partial charge in [-0.15, -0.1) is 5.10 Å². The predicted octanol–water partition coefficient (Wildman–Crippen LogP) is 2.54. The second-order valence-corrected chi connectivity index (χ2v) is 5.07. The smallest absolute Gasteiger partial charge is 0.172 e. The van der Waals surface area contributed by atoms with E-state index >= 15 is 0 Å². The van der Waals surface area contributed by atoms with Crippen molar-refractivity contribution in [2.45, 2.75) is 13.5 Å². The fraction of sp³-hybridized carbons (Fsp3) is 0.176. The molecule has 0 saturated heterocycles. The van der Waals surface area contributed by atoms with Crippen molar-refractivity contribution >= 4 is 6.29 Å². The first kappa shape index (κ1) is 14.9. The number of ether oxygens (including phenoxy) is 1. The fourth-order valence-corrected chi connectivity index (χ4v) is 2.25. The van der Waals surface area contributed by atoms with Gasteiger partial charge in [0.05, 0.1) is 6.54 Å². The topological polar surface area (TPSA) is 69.9 Å². The Bertz CT molecular complexity index is 782. The third-order valence-electron chi connectivity index (χ3n) is 3.40. The Morgan fingerprint density at radius 2 is 2.04 bits per heavy atom. The van der Waals surface area contributed by atoms with Crippen LogP contribution in [-0.4, -0.2) is 32.9 Å². The van der Waals surface area contributed by atoms with Crippen LogP contribution in [0.15, 0.2) is 48.8 Å². The van der Waals surface area contributed by atoms with E-state index in [0.29, 0.717) is 30.8 Å². The van der Waals surface area contributed by atoms with E-state index in [0.717, 1.165) is 11.3 Å². The van der Waals surface area contributed by atoms with Crippen LogP contribution >= 0.6 is 0 Å². The molecule has 1 aromatic carbocycles. The number of hydrogen-bond donors (Lipinski definition) is 0. The molecule has 0 aliphatic rings. The first-order valence-corrected chi connectivity index (χ1v) is 7.26. The summed E-state index contributed by atoms with van der Waals surface area (Å²) in [5, 5.41) is 7.95. The Balaban J connectivity index is 1.74. The zero-order chi connectivity index (χ0) is 16.1. The van der Waals surface area contributed by atoms with Crippen LogP contribution in [0.5, 0.6) is 5.75 Å². The van der Waals surface area contributed by atoms with Crippen molar-refractivity contribution in [3.05, 3.63) is 60.0 Å². The molecule has 23 heavy (non-hydrogen) atoms. The number of carbonyl (C=O) groups excluding carboxylic acids is 1. The number of aryl methyl sites for hydroxylation is 1. The molecule has 0 radical (unpaired) electrons. The molecule has 2 aromatic heterocycles. The molecule has 0 fully saturated rings. The molecule has 0 atom stereocenters. The molecule has 0 aliphatic heterocycles. The van der Waals surface area contributed by atoms with Crippen molar-refractivity contribution in [2.75, 3.05) is 6.61 Å². The van der Waals surface area contributed by atoms with E-state index < -0.39 is 0 Å². The Labute approximate surface area is 133 Å². The quantitative estimate of drug-likeness (QED) is 0.654. The summed E-state index contributed by atoms with van der Waals surface area (Å²) in [5.74, 6) is 0.800. The zero-order valence-corrected chi connectivity index (χ0v) is 12.7. The van der Waals surface area contributed by atoms with Crippen molar-refractivity contribution in [3.63, 3.8) is 0 Å². The summed E-state index contributed by atoms with van der Waals surface area (Å²) < 4.78 is 7.37. The van der Waals surface area contributed by atoms with Crippen LogP contribution < -0.4 is 4.74 Å². The molecule has 3 aromatic rings. The van der Waals surface area contributed by atoms with Gasteiger partial charge >= 0.3 is 0 Å². The van der Waals surface area contributed by atoms with Crippen molar-refractivity contribution in [2.24, 2.45) is 0 Å². The largest absolute Gasteiger partial charge is 0.492 e. The van der Waals surface area contributed by atoms with Gasteiger partial charge in [0.25, 0.3) is 0 Å². The molecule has 0 amide bonds. The average molecular weight is 308 g/mol. The van der Waals surface area contributed by atoms with Gasteiger partial charge in [0.1, 0.15) is 18.1 Å². The molecule has 0 N–H and O–H groups in total. The highest BCUT2D eigenvalue weighted by atomic mass is 16.5. The maximum atomic E-state index is 11.2. The lowest BCUT2D eigenvalue weighted by molar-refractivity contribution is 0.111. The second kappa shape index (κ2) is 6.83. The molecular weight excluding hydrogens is 292 g/mol. The van der Waals surface area contributed by atoms with Gasteiger partial charge in [0, 0.05) is 18.0 Å². The fourth-order valence-electron chi connectivity index (χ4n) is 2.25. The summed E-state index contributed by atoms with van der Waals surface area (Å²) in [6.45, 7) is 2.94. The molecule has 6 nitrogen and oxygen atoms in total. The van der Waals surface area contributed by atoms with Gasteiger partial charge in [-0.05, 0) is 31.2 Å². The van der Waals surface area contributed by atoms with Gasteiger partial charge in [-0.1, -0.05) is 22.9 Å². The minimum atomic E-state index is 0.299. The van der Waals surface area contributed by atoms with E-state index in [1.165, 1.54) is 5.56 Å². The van der Waals surface area contributed by atoms with Crippen molar-refractivity contribution < 1.29 is 9.53 Å². The van der Waals surface area contributed by atoms with Crippen molar-refractivity contribution in [3.8, 4) is 17.0 Å². The van der Waals surface area contributed by atoms with Gasteiger partial charge in [0.2, 0.25) is 0 Å². The highest BCUT2D eigenvalue weighted by Crippen LogP contribution is 2.20. The maximum Gasteiger partial charge on any atom is 0.172 e. The lowest BCUT2D eigenvalue weighted by atomic mass is 10.2. The number of aromatic nitrogens is 4. The average Bonchev–Trinajstić information content (AvgIpc) is 3.00. The van der Waals surface area contributed by atoms with E-state index in [-0.39, 0.29) is 0 Å². The summed E-state index contributed by atoms with van der Waals surface area (Å²) in [4.78, 5) is 15.3. The van der Waals surface area contributed by atoms with Crippen molar-refractivity contribution in [1.82, 2.24) is 20.0 Å². The van der Waals surface area contributed by atoms with Gasteiger partial charge in [-0.25, -0.2) is 4.68 Å². The molecule has 0 spiro atoms. The number of aldehydes is 1. The lowest BCUT2D eigenvalue weighted by Gasteiger charge is -2.09. The molecule has 0 saturated carbocycles. The summed E-state index contributed by atoms with van der Waals surface area (Å²) in [5.41, 5.74) is 2.94. The highest BCUT2D eigenvalue weighted by molar-refractivity contribution is 5.82. The first-order chi connectivity index (χ1) is 11.3. The van der Waals surface area contributed by atoms with Crippen LogP contribution in [0.4, 0.5) is 0 Å². The van der Waals surface area contributed by atoms with Crippen LogP contribution in [0, 0.1) is 6.92 Å². The molecule has 116 valence electrons. The van der Waals surface area contributed by atoms with E-state index in [4.69, 9.17) is 4.74 Å². The number of benzene rings is 1. The van der Waals surface area contributed by atoms with Crippen LogP contribution in [0.2, 0.25) is 0 Å². The summed E-state index contributed by atoms with van der Waals surface area (Å²) >= 11 is 0. The molecule has 0 unspecified atom stereocenters. The van der Waals surface area contributed by atoms with E-state index in [1.54, 1.807) is 17.1 Å². The monoisotopic (exact) mass is 308 g/mol. The van der Waals surface area contributed by atoms with Crippen LogP contribution in [-0.2, 0) is 6.54 Å². The summed E-state index contributed by atoms with van der Waals surface area (Å²) in [6.07, 6.45) is 4.06. The minimum absolute atomic E-state index is 0.299. The maximum absolute atomic E-state index is 11.2. The zero-order valence-electron chi connectivity index (χ0n) is 12.7. The molecule has 3 rings (SSSR count). The number of pyridine rings is 1. The van der Waals surface area contributed by atoms with Crippen LogP contribution in [0.25, 0.3) is 11.3 Å². The molecule has 6 heteroatoms. The Kier molecular flexibility index (Phi) is 4.42. The minimum Gasteiger partial charge on any atom is -0.492 e. The number of nitrogens with zero attached hydrogens (tertiary/aromatic N) is 4. The summed E-state index contributed by atoms with van der Waals surface area (Å²) in [6, 6.07) is 11.5. The van der Waals surface area contributed by atoms with E-state index in [9.17, 15) is 4.79 Å². The number of hydrogen-bond acceptors (Lipinski definition) is 5. The normalized spacial score (nSPS) is 10.5. The molecule has 0 bridgehead atoms. The van der Waals surface area contributed by atoms with Gasteiger partial charge in [-0.2, -0.15) is 0 Å². The van der Waals surface area contributed by atoms with Gasteiger partial charge < -0.3 is 4.74 Å². The molecule has 2 heterocycles. The number of rotatable bonds is 6. The third kappa shape index (κ3) is 3.42. The second-order valence-electron chi connectivity index (χ2n) is 5.07. The Morgan fingerprint density at radius 3 is 2.74 bits per heavy atom. The highest BCUT2D eigenvalue weighted by Gasteiger charge is 2.14.